The maximum Gasteiger partial charge on any atom is 0.306 e. The predicted molar refractivity (Wildman–Crippen MR) is 102 cm³/mol. The summed E-state index contributed by atoms with van der Waals surface area (Å²) in [5, 5.41) is 18.5. The average molecular weight is 397 g/mol. The van der Waals surface area contributed by atoms with Crippen LogP contribution in [0.15, 0.2) is 52.9 Å². The van der Waals surface area contributed by atoms with E-state index in [4.69, 9.17) is 13.9 Å². The molecule has 0 bridgehead atoms. The van der Waals surface area contributed by atoms with Crippen LogP contribution in [0, 0.1) is 10.1 Å². The van der Waals surface area contributed by atoms with Crippen molar-refractivity contribution >= 4 is 11.7 Å². The lowest BCUT2D eigenvalue weighted by Gasteiger charge is -2.10. The molecular weight excluding hydrogens is 378 g/mol. The standard InChI is InChI=1S/C20H19N3O6/c1-13(28-18(24)12-9-14-5-3-4-6-17(14)27-2)19-21-22-20(29-19)15-7-10-16(11-8-15)23(25)26/h3-8,10-11,13H,9,12H2,1-2H3/t13-/m0/s1. The van der Waals surface area contributed by atoms with Crippen LogP contribution in [0.1, 0.15) is 30.9 Å². The molecule has 0 aliphatic heterocycles. The number of aryl methyl sites for hydroxylation is 1. The third-order valence-corrected chi connectivity index (χ3v) is 4.21. The van der Waals surface area contributed by atoms with Crippen LogP contribution in [0.4, 0.5) is 5.69 Å². The van der Waals surface area contributed by atoms with Crippen LogP contribution in [-0.4, -0.2) is 28.2 Å². The molecule has 150 valence electrons. The Labute approximate surface area is 166 Å². The Balaban J connectivity index is 1.58. The molecule has 2 aromatic carbocycles. The van der Waals surface area contributed by atoms with E-state index in [1.165, 1.54) is 24.3 Å². The van der Waals surface area contributed by atoms with Gasteiger partial charge in [0.2, 0.25) is 5.89 Å². The van der Waals surface area contributed by atoms with Gasteiger partial charge in [-0.3, -0.25) is 14.9 Å². The number of hydrogen-bond donors (Lipinski definition) is 0. The summed E-state index contributed by atoms with van der Waals surface area (Å²) >= 11 is 0. The molecule has 9 heteroatoms. The molecule has 0 spiro atoms. The second kappa shape index (κ2) is 8.96. The Kier molecular flexibility index (Phi) is 6.18. The number of aromatic nitrogens is 2. The van der Waals surface area contributed by atoms with E-state index < -0.39 is 17.0 Å². The lowest BCUT2D eigenvalue weighted by atomic mass is 10.1. The van der Waals surface area contributed by atoms with E-state index in [0.29, 0.717) is 12.0 Å². The van der Waals surface area contributed by atoms with E-state index in [1.807, 2.05) is 24.3 Å². The SMILES string of the molecule is COc1ccccc1CCC(=O)O[C@@H](C)c1nnc(-c2ccc([N+](=O)[O-])cc2)o1. The van der Waals surface area contributed by atoms with Gasteiger partial charge in [-0.05, 0) is 37.1 Å². The fourth-order valence-electron chi connectivity index (χ4n) is 2.69. The maximum atomic E-state index is 12.2. The lowest BCUT2D eigenvalue weighted by Crippen LogP contribution is -2.10. The fraction of sp³-hybridized carbons (Fsp3) is 0.250. The zero-order valence-corrected chi connectivity index (χ0v) is 15.9. The van der Waals surface area contributed by atoms with Gasteiger partial charge in [-0.2, -0.15) is 0 Å². The molecule has 3 rings (SSSR count). The minimum absolute atomic E-state index is 0.0363. The van der Waals surface area contributed by atoms with Crippen molar-refractivity contribution in [1.29, 1.82) is 0 Å². The first kappa shape index (κ1) is 20.0. The fourth-order valence-corrected chi connectivity index (χ4v) is 2.69. The van der Waals surface area contributed by atoms with Crippen molar-refractivity contribution in [3.05, 3.63) is 70.1 Å². The van der Waals surface area contributed by atoms with E-state index in [2.05, 4.69) is 10.2 Å². The molecule has 0 N–H and O–H groups in total. The summed E-state index contributed by atoms with van der Waals surface area (Å²) < 4.78 is 16.2. The highest BCUT2D eigenvalue weighted by Gasteiger charge is 2.19. The molecule has 0 saturated heterocycles. The number of rotatable bonds is 8. The number of ether oxygens (including phenoxy) is 2. The predicted octanol–water partition coefficient (Wildman–Crippen LogP) is 3.89. The van der Waals surface area contributed by atoms with E-state index in [0.717, 1.165) is 11.3 Å². The molecule has 3 aromatic rings. The Morgan fingerprint density at radius 3 is 2.59 bits per heavy atom. The number of methoxy groups -OCH3 is 1. The van der Waals surface area contributed by atoms with Crippen molar-refractivity contribution in [2.45, 2.75) is 25.9 Å². The van der Waals surface area contributed by atoms with Crippen LogP contribution in [-0.2, 0) is 16.0 Å². The van der Waals surface area contributed by atoms with Crippen LogP contribution < -0.4 is 4.74 Å². The number of esters is 1. The number of nitro groups is 1. The molecular formula is C20H19N3O6. The molecule has 9 nitrogen and oxygen atoms in total. The Hall–Kier alpha value is -3.75. The second-order valence-corrected chi connectivity index (χ2v) is 6.19. The molecule has 0 amide bonds. The number of non-ortho nitro benzene ring substituents is 1. The van der Waals surface area contributed by atoms with Gasteiger partial charge >= 0.3 is 5.97 Å². The first-order chi connectivity index (χ1) is 14.0. The minimum Gasteiger partial charge on any atom is -0.496 e. The normalized spacial score (nSPS) is 11.7. The second-order valence-electron chi connectivity index (χ2n) is 6.19. The van der Waals surface area contributed by atoms with Crippen molar-refractivity contribution in [3.63, 3.8) is 0 Å². The Morgan fingerprint density at radius 2 is 1.90 bits per heavy atom. The summed E-state index contributed by atoms with van der Waals surface area (Å²) in [6.07, 6.45) is -0.0684. The molecule has 1 atom stereocenters. The number of hydrogen-bond acceptors (Lipinski definition) is 8. The quantitative estimate of drug-likeness (QED) is 0.319. The number of para-hydroxylation sites is 1. The summed E-state index contributed by atoms with van der Waals surface area (Å²) in [6.45, 7) is 1.63. The van der Waals surface area contributed by atoms with Crippen LogP contribution in [0.3, 0.4) is 0 Å². The van der Waals surface area contributed by atoms with Crippen LogP contribution in [0.25, 0.3) is 11.5 Å². The first-order valence-corrected chi connectivity index (χ1v) is 8.87. The van der Waals surface area contributed by atoms with Crippen molar-refractivity contribution in [2.24, 2.45) is 0 Å². The molecule has 0 saturated carbocycles. The third-order valence-electron chi connectivity index (χ3n) is 4.21. The number of nitro benzene ring substituents is 1. The largest absolute Gasteiger partial charge is 0.496 e. The van der Waals surface area contributed by atoms with Crippen molar-refractivity contribution in [2.75, 3.05) is 7.11 Å². The molecule has 0 aliphatic rings. The topological polar surface area (TPSA) is 118 Å². The molecule has 0 radical (unpaired) electrons. The maximum absolute atomic E-state index is 12.2. The highest BCUT2D eigenvalue weighted by molar-refractivity contribution is 5.70. The minimum atomic E-state index is -0.723. The molecule has 1 aromatic heterocycles. The van der Waals surface area contributed by atoms with Crippen LogP contribution >= 0.6 is 0 Å². The lowest BCUT2D eigenvalue weighted by molar-refractivity contribution is -0.384. The van der Waals surface area contributed by atoms with Gasteiger partial charge in [0.1, 0.15) is 5.75 Å². The third kappa shape index (κ3) is 4.95. The van der Waals surface area contributed by atoms with Crippen LogP contribution in [0.5, 0.6) is 5.75 Å². The molecule has 0 fully saturated rings. The van der Waals surface area contributed by atoms with Crippen molar-refractivity contribution < 1.29 is 23.6 Å². The number of carbonyl (C=O) groups is 1. The number of benzene rings is 2. The highest BCUT2D eigenvalue weighted by Crippen LogP contribution is 2.25. The Bertz CT molecular complexity index is 999. The van der Waals surface area contributed by atoms with Crippen molar-refractivity contribution in [1.82, 2.24) is 10.2 Å². The van der Waals surface area contributed by atoms with Gasteiger partial charge in [0, 0.05) is 24.1 Å². The van der Waals surface area contributed by atoms with Gasteiger partial charge in [-0.25, -0.2) is 0 Å². The summed E-state index contributed by atoms with van der Waals surface area (Å²) in [5.41, 5.74) is 1.41. The van der Waals surface area contributed by atoms with Gasteiger partial charge in [-0.15, -0.1) is 10.2 Å². The van der Waals surface area contributed by atoms with Crippen LogP contribution in [0.2, 0.25) is 0 Å². The number of nitrogens with zero attached hydrogens (tertiary/aromatic N) is 3. The average Bonchev–Trinajstić information content (AvgIpc) is 3.23. The van der Waals surface area contributed by atoms with Gasteiger partial charge in [-0.1, -0.05) is 18.2 Å². The molecule has 29 heavy (non-hydrogen) atoms. The van der Waals surface area contributed by atoms with E-state index in [-0.39, 0.29) is 23.9 Å². The smallest absolute Gasteiger partial charge is 0.306 e. The van der Waals surface area contributed by atoms with E-state index >= 15 is 0 Å². The van der Waals surface area contributed by atoms with E-state index in [1.54, 1.807) is 14.0 Å². The van der Waals surface area contributed by atoms with Gasteiger partial charge < -0.3 is 13.9 Å². The summed E-state index contributed by atoms with van der Waals surface area (Å²) in [4.78, 5) is 22.4. The molecule has 1 heterocycles. The first-order valence-electron chi connectivity index (χ1n) is 8.87. The van der Waals surface area contributed by atoms with Gasteiger partial charge in [0.05, 0.1) is 12.0 Å². The Morgan fingerprint density at radius 1 is 1.17 bits per heavy atom. The zero-order chi connectivity index (χ0) is 20.8. The van der Waals surface area contributed by atoms with Gasteiger partial charge in [0.25, 0.3) is 11.6 Å². The monoisotopic (exact) mass is 397 g/mol. The molecule has 0 aliphatic carbocycles. The van der Waals surface area contributed by atoms with Gasteiger partial charge in [0.15, 0.2) is 6.10 Å². The zero-order valence-electron chi connectivity index (χ0n) is 15.9. The highest BCUT2D eigenvalue weighted by atomic mass is 16.6. The summed E-state index contributed by atoms with van der Waals surface area (Å²) in [7, 11) is 1.58. The number of carbonyl (C=O) groups excluding carboxylic acids is 1. The van der Waals surface area contributed by atoms with Crippen molar-refractivity contribution in [3.8, 4) is 17.2 Å². The van der Waals surface area contributed by atoms with E-state index in [9.17, 15) is 14.9 Å². The molecule has 0 unspecified atom stereocenters. The summed E-state index contributed by atoms with van der Waals surface area (Å²) in [5.74, 6) is 0.646. The summed E-state index contributed by atoms with van der Waals surface area (Å²) in [6, 6.07) is 13.2.